The highest BCUT2D eigenvalue weighted by Crippen LogP contribution is 2.29. The van der Waals surface area contributed by atoms with Gasteiger partial charge in [0.2, 0.25) is 9.84 Å². The number of nitrogens with one attached hydrogen (secondary N) is 1. The van der Waals surface area contributed by atoms with Crippen molar-refractivity contribution < 1.29 is 13.2 Å². The molecule has 3 aromatic rings. The first-order chi connectivity index (χ1) is 12.3. The van der Waals surface area contributed by atoms with E-state index in [4.69, 9.17) is 11.6 Å². The van der Waals surface area contributed by atoms with Crippen LogP contribution in [0.25, 0.3) is 0 Å². The normalized spacial score (nSPS) is 11.3. The van der Waals surface area contributed by atoms with Crippen LogP contribution in [0.5, 0.6) is 0 Å². The average Bonchev–Trinajstić information content (AvgIpc) is 3.09. The fraction of sp³-hybridized carbons (Fsp3) is 0.105. The second-order valence-electron chi connectivity index (χ2n) is 5.87. The van der Waals surface area contributed by atoms with Gasteiger partial charge in [0.05, 0.1) is 20.5 Å². The molecule has 0 unspecified atom stereocenters. The molecule has 1 N–H and O–H groups in total. The lowest BCUT2D eigenvalue weighted by molar-refractivity contribution is 0.103. The van der Waals surface area contributed by atoms with Gasteiger partial charge in [0.15, 0.2) is 0 Å². The smallest absolute Gasteiger partial charge is 0.265 e. The molecule has 0 atom stereocenters. The number of benzene rings is 2. The van der Waals surface area contributed by atoms with Crippen molar-refractivity contribution in [1.29, 1.82) is 0 Å². The maximum absolute atomic E-state index is 12.7. The number of carbonyl (C=O) groups is 1. The van der Waals surface area contributed by atoms with Crippen LogP contribution in [0.2, 0.25) is 5.02 Å². The fourth-order valence-corrected chi connectivity index (χ4v) is 5.21. The molecule has 1 heterocycles. The van der Waals surface area contributed by atoms with Gasteiger partial charge in [-0.2, -0.15) is 0 Å². The number of carbonyl (C=O) groups excluding carboxylic acids is 1. The standard InChI is InChI=1S/C19H16ClNO3S2/c1-12-3-6-14(7-4-12)26(23,24)18-10-9-17(25-18)19(22)21-16-8-5-13(2)11-15(16)20/h3-11H,1-2H3,(H,21,22). The largest absolute Gasteiger partial charge is 0.320 e. The van der Waals surface area contributed by atoms with Crippen molar-refractivity contribution in [3.05, 3.63) is 75.6 Å². The van der Waals surface area contributed by atoms with Gasteiger partial charge in [0.25, 0.3) is 5.91 Å². The van der Waals surface area contributed by atoms with Crippen molar-refractivity contribution >= 4 is 44.4 Å². The minimum absolute atomic E-state index is 0.126. The zero-order valence-electron chi connectivity index (χ0n) is 14.1. The molecule has 26 heavy (non-hydrogen) atoms. The molecule has 0 radical (unpaired) electrons. The molecule has 0 saturated carbocycles. The Morgan fingerprint density at radius 1 is 0.962 bits per heavy atom. The van der Waals surface area contributed by atoms with Crippen molar-refractivity contribution in [2.45, 2.75) is 23.0 Å². The summed E-state index contributed by atoms with van der Waals surface area (Å²) >= 11 is 7.06. The van der Waals surface area contributed by atoms with E-state index in [1.54, 1.807) is 36.4 Å². The Hall–Kier alpha value is -2.15. The van der Waals surface area contributed by atoms with E-state index >= 15 is 0 Å². The van der Waals surface area contributed by atoms with E-state index in [1.807, 2.05) is 19.9 Å². The number of halogens is 1. The molecular weight excluding hydrogens is 390 g/mol. The van der Waals surface area contributed by atoms with Crippen LogP contribution in [0.1, 0.15) is 20.8 Å². The SMILES string of the molecule is Cc1ccc(S(=O)(=O)c2ccc(C(=O)Nc3ccc(C)cc3Cl)s2)cc1. The van der Waals surface area contributed by atoms with Gasteiger partial charge in [-0.25, -0.2) is 8.42 Å². The topological polar surface area (TPSA) is 63.2 Å². The third-order valence-corrected chi connectivity index (χ3v) is 7.43. The van der Waals surface area contributed by atoms with E-state index in [0.717, 1.165) is 22.5 Å². The zero-order valence-corrected chi connectivity index (χ0v) is 16.5. The second kappa shape index (κ2) is 7.23. The van der Waals surface area contributed by atoms with E-state index in [0.29, 0.717) is 15.6 Å². The lowest BCUT2D eigenvalue weighted by atomic mass is 10.2. The first-order valence-corrected chi connectivity index (χ1v) is 10.4. The molecule has 1 aromatic heterocycles. The van der Waals surface area contributed by atoms with Gasteiger partial charge in [0.1, 0.15) is 4.21 Å². The van der Waals surface area contributed by atoms with E-state index in [-0.39, 0.29) is 9.10 Å². The maximum atomic E-state index is 12.7. The summed E-state index contributed by atoms with van der Waals surface area (Å²) in [6, 6.07) is 14.9. The van der Waals surface area contributed by atoms with Gasteiger partial charge < -0.3 is 5.32 Å². The molecule has 134 valence electrons. The van der Waals surface area contributed by atoms with E-state index < -0.39 is 15.7 Å². The molecule has 0 saturated heterocycles. The van der Waals surface area contributed by atoms with Crippen LogP contribution in [-0.2, 0) is 9.84 Å². The van der Waals surface area contributed by atoms with Crippen LogP contribution >= 0.6 is 22.9 Å². The molecule has 3 rings (SSSR count). The predicted octanol–water partition coefficient (Wildman–Crippen LogP) is 5.10. The van der Waals surface area contributed by atoms with Crippen molar-refractivity contribution in [2.24, 2.45) is 0 Å². The number of hydrogen-bond donors (Lipinski definition) is 1. The number of aryl methyl sites for hydroxylation is 2. The third-order valence-electron chi connectivity index (χ3n) is 3.77. The maximum Gasteiger partial charge on any atom is 0.265 e. The number of rotatable bonds is 4. The molecule has 4 nitrogen and oxygen atoms in total. The number of anilines is 1. The summed E-state index contributed by atoms with van der Waals surface area (Å²) in [6.07, 6.45) is 0. The van der Waals surface area contributed by atoms with Crippen molar-refractivity contribution in [3.8, 4) is 0 Å². The summed E-state index contributed by atoms with van der Waals surface area (Å²) < 4.78 is 25.5. The van der Waals surface area contributed by atoms with Gasteiger partial charge >= 0.3 is 0 Å². The van der Waals surface area contributed by atoms with E-state index in [1.165, 1.54) is 12.1 Å². The summed E-state index contributed by atoms with van der Waals surface area (Å²) in [5.74, 6) is -0.397. The molecule has 0 fully saturated rings. The van der Waals surface area contributed by atoms with Crippen molar-refractivity contribution in [1.82, 2.24) is 0 Å². The zero-order chi connectivity index (χ0) is 18.9. The predicted molar refractivity (Wildman–Crippen MR) is 105 cm³/mol. The molecule has 0 spiro atoms. The third kappa shape index (κ3) is 3.82. The lowest BCUT2D eigenvalue weighted by Crippen LogP contribution is -2.10. The number of sulfone groups is 1. The second-order valence-corrected chi connectivity index (χ2v) is 9.54. The van der Waals surface area contributed by atoms with Crippen molar-refractivity contribution in [3.63, 3.8) is 0 Å². The Bertz CT molecular complexity index is 1070. The monoisotopic (exact) mass is 405 g/mol. The first-order valence-electron chi connectivity index (χ1n) is 7.76. The quantitative estimate of drug-likeness (QED) is 0.656. The number of amides is 1. The average molecular weight is 406 g/mol. The van der Waals surface area contributed by atoms with Gasteiger partial charge in [-0.15, -0.1) is 11.3 Å². The van der Waals surface area contributed by atoms with E-state index in [2.05, 4.69) is 5.32 Å². The van der Waals surface area contributed by atoms with Crippen LogP contribution < -0.4 is 5.32 Å². The minimum atomic E-state index is -3.64. The Morgan fingerprint density at radius 3 is 2.27 bits per heavy atom. The van der Waals surface area contributed by atoms with Gasteiger partial charge in [0, 0.05) is 0 Å². The Labute approximate surface area is 161 Å². The lowest BCUT2D eigenvalue weighted by Gasteiger charge is -2.06. The van der Waals surface area contributed by atoms with Gasteiger partial charge in [-0.3, -0.25) is 4.79 Å². The van der Waals surface area contributed by atoms with Crippen LogP contribution in [0.4, 0.5) is 5.69 Å². The van der Waals surface area contributed by atoms with Crippen LogP contribution in [0.15, 0.2) is 63.7 Å². The Balaban J connectivity index is 1.85. The molecular formula is C19H16ClNO3S2. The van der Waals surface area contributed by atoms with Crippen LogP contribution in [0.3, 0.4) is 0 Å². The van der Waals surface area contributed by atoms with E-state index in [9.17, 15) is 13.2 Å². The summed E-state index contributed by atoms with van der Waals surface area (Å²) in [4.78, 5) is 12.9. The van der Waals surface area contributed by atoms with Crippen LogP contribution in [-0.4, -0.2) is 14.3 Å². The molecule has 7 heteroatoms. The minimum Gasteiger partial charge on any atom is -0.320 e. The summed E-state index contributed by atoms with van der Waals surface area (Å²) in [5, 5.41) is 3.14. The molecule has 1 amide bonds. The number of hydrogen-bond acceptors (Lipinski definition) is 4. The molecule has 2 aromatic carbocycles. The van der Waals surface area contributed by atoms with Gasteiger partial charge in [-0.1, -0.05) is 35.4 Å². The molecule has 0 bridgehead atoms. The summed E-state index contributed by atoms with van der Waals surface area (Å²) in [6.45, 7) is 3.79. The highest BCUT2D eigenvalue weighted by molar-refractivity contribution is 7.93. The Kier molecular flexibility index (Phi) is 5.18. The van der Waals surface area contributed by atoms with Gasteiger partial charge in [-0.05, 0) is 55.8 Å². The molecule has 0 aliphatic carbocycles. The highest BCUT2D eigenvalue weighted by atomic mass is 35.5. The van der Waals surface area contributed by atoms with Crippen LogP contribution in [0, 0.1) is 13.8 Å². The molecule has 0 aliphatic rings. The fourth-order valence-electron chi connectivity index (χ4n) is 2.33. The van der Waals surface area contributed by atoms with Crippen molar-refractivity contribution in [2.75, 3.05) is 5.32 Å². The first kappa shape index (κ1) is 18.6. The highest BCUT2D eigenvalue weighted by Gasteiger charge is 2.22. The number of thiophene rings is 1. The molecule has 0 aliphatic heterocycles. The Morgan fingerprint density at radius 2 is 1.62 bits per heavy atom. The summed E-state index contributed by atoms with van der Waals surface area (Å²) in [5.41, 5.74) is 2.44. The summed E-state index contributed by atoms with van der Waals surface area (Å²) in [7, 11) is -3.64.